The maximum absolute atomic E-state index is 13.0. The fourth-order valence-corrected chi connectivity index (χ4v) is 2.19. The number of halogens is 1. The predicted octanol–water partition coefficient (Wildman–Crippen LogP) is 3.84. The minimum Gasteiger partial charge on any atom is -0.487 e. The number of pyridine rings is 1. The Bertz CT molecular complexity index is 802. The van der Waals surface area contributed by atoms with Gasteiger partial charge in [-0.2, -0.15) is 0 Å². The number of hydrogen-bond donors (Lipinski definition) is 1. The summed E-state index contributed by atoms with van der Waals surface area (Å²) in [6.45, 7) is 2.22. The molecule has 21 heavy (non-hydrogen) atoms. The van der Waals surface area contributed by atoms with E-state index < -0.39 is 0 Å². The third kappa shape index (κ3) is 2.79. The number of para-hydroxylation sites is 1. The van der Waals surface area contributed by atoms with E-state index in [1.54, 1.807) is 6.07 Å². The first kappa shape index (κ1) is 13.4. The smallest absolute Gasteiger partial charge is 0.146 e. The molecule has 0 fully saturated rings. The van der Waals surface area contributed by atoms with E-state index in [0.29, 0.717) is 11.4 Å². The summed E-state index contributed by atoms with van der Waals surface area (Å²) in [7, 11) is 0. The summed E-state index contributed by atoms with van der Waals surface area (Å²) in [5.41, 5.74) is 8.67. The van der Waals surface area contributed by atoms with Gasteiger partial charge in [-0.25, -0.2) is 9.37 Å². The van der Waals surface area contributed by atoms with E-state index in [9.17, 15) is 4.39 Å². The predicted molar refractivity (Wildman–Crippen MR) is 81.6 cm³/mol. The minimum absolute atomic E-state index is 0.279. The van der Waals surface area contributed by atoms with Crippen LogP contribution in [0.25, 0.3) is 10.9 Å². The second-order valence-corrected chi connectivity index (χ2v) is 4.91. The number of nitrogen functional groups attached to an aromatic ring is 1. The van der Waals surface area contributed by atoms with Crippen LogP contribution >= 0.6 is 0 Å². The summed E-state index contributed by atoms with van der Waals surface area (Å²) in [4.78, 5) is 4.51. The third-order valence-corrected chi connectivity index (χ3v) is 3.31. The summed E-state index contributed by atoms with van der Waals surface area (Å²) in [5, 5.41) is 1.02. The van der Waals surface area contributed by atoms with Gasteiger partial charge in [0.25, 0.3) is 0 Å². The molecule has 1 aromatic heterocycles. The molecule has 2 aromatic carbocycles. The molecule has 0 aliphatic heterocycles. The van der Waals surface area contributed by atoms with E-state index in [4.69, 9.17) is 10.5 Å². The summed E-state index contributed by atoms with van der Waals surface area (Å²) in [6, 6.07) is 14.1. The monoisotopic (exact) mass is 282 g/mol. The fourth-order valence-electron chi connectivity index (χ4n) is 2.19. The molecule has 106 valence electrons. The van der Waals surface area contributed by atoms with Crippen molar-refractivity contribution in [2.24, 2.45) is 0 Å². The van der Waals surface area contributed by atoms with Gasteiger partial charge in [0.05, 0.1) is 0 Å². The Morgan fingerprint density at radius 1 is 1.14 bits per heavy atom. The number of anilines is 1. The number of hydrogen-bond acceptors (Lipinski definition) is 3. The Morgan fingerprint density at radius 2 is 2.00 bits per heavy atom. The lowest BCUT2D eigenvalue weighted by molar-refractivity contribution is 0.310. The highest BCUT2D eigenvalue weighted by molar-refractivity contribution is 5.84. The fraction of sp³-hybridized carbons (Fsp3) is 0.118. The molecule has 1 heterocycles. The van der Waals surface area contributed by atoms with Gasteiger partial charge in [0, 0.05) is 22.3 Å². The van der Waals surface area contributed by atoms with Crippen molar-refractivity contribution in [1.29, 1.82) is 0 Å². The molecule has 0 aliphatic carbocycles. The Kier molecular flexibility index (Phi) is 3.44. The molecule has 4 heteroatoms. The van der Waals surface area contributed by atoms with Crippen molar-refractivity contribution in [1.82, 2.24) is 4.98 Å². The van der Waals surface area contributed by atoms with Gasteiger partial charge in [-0.05, 0) is 31.2 Å². The van der Waals surface area contributed by atoms with Gasteiger partial charge in [0.1, 0.15) is 23.7 Å². The molecule has 0 saturated heterocycles. The highest BCUT2D eigenvalue weighted by atomic mass is 19.1. The van der Waals surface area contributed by atoms with Gasteiger partial charge in [-0.1, -0.05) is 24.3 Å². The molecule has 3 aromatic rings. The van der Waals surface area contributed by atoms with Crippen molar-refractivity contribution >= 4 is 16.6 Å². The quantitative estimate of drug-likeness (QED) is 0.742. The number of aromatic nitrogens is 1. The van der Waals surface area contributed by atoms with Crippen molar-refractivity contribution in [3.63, 3.8) is 0 Å². The molecular formula is C17H15FN2O. The Hall–Kier alpha value is -2.62. The Labute approximate surface area is 122 Å². The van der Waals surface area contributed by atoms with E-state index in [1.807, 2.05) is 37.3 Å². The zero-order valence-corrected chi connectivity index (χ0v) is 11.6. The molecule has 2 N–H and O–H groups in total. The summed E-state index contributed by atoms with van der Waals surface area (Å²) in [5.74, 6) is 0.346. The lowest BCUT2D eigenvalue weighted by Crippen LogP contribution is -2.01. The number of fused-ring (bicyclic) bond motifs is 1. The van der Waals surface area contributed by atoms with Crippen molar-refractivity contribution in [3.05, 3.63) is 65.6 Å². The van der Waals surface area contributed by atoms with E-state index in [0.717, 1.165) is 22.2 Å². The van der Waals surface area contributed by atoms with Crippen LogP contribution in [0.5, 0.6) is 5.75 Å². The summed E-state index contributed by atoms with van der Waals surface area (Å²) >= 11 is 0. The molecule has 0 atom stereocenters. The van der Waals surface area contributed by atoms with Crippen LogP contribution in [0.2, 0.25) is 0 Å². The topological polar surface area (TPSA) is 48.1 Å². The first-order valence-electron chi connectivity index (χ1n) is 6.66. The zero-order valence-electron chi connectivity index (χ0n) is 11.6. The molecule has 0 bridgehead atoms. The van der Waals surface area contributed by atoms with E-state index >= 15 is 0 Å². The van der Waals surface area contributed by atoms with Crippen molar-refractivity contribution in [2.45, 2.75) is 13.5 Å². The Balaban J connectivity index is 1.90. The van der Waals surface area contributed by atoms with Crippen molar-refractivity contribution in [2.75, 3.05) is 5.73 Å². The molecule has 3 nitrogen and oxygen atoms in total. The second-order valence-electron chi connectivity index (χ2n) is 4.91. The number of aryl methyl sites for hydroxylation is 1. The number of ether oxygens (including phenoxy) is 1. The van der Waals surface area contributed by atoms with Crippen molar-refractivity contribution < 1.29 is 9.13 Å². The third-order valence-electron chi connectivity index (χ3n) is 3.31. The summed E-state index contributed by atoms with van der Waals surface area (Å²) < 4.78 is 18.8. The van der Waals surface area contributed by atoms with Gasteiger partial charge in [-0.15, -0.1) is 0 Å². The number of nitrogens with zero attached hydrogens (tertiary/aromatic N) is 1. The van der Waals surface area contributed by atoms with Crippen LogP contribution in [-0.2, 0) is 6.61 Å². The van der Waals surface area contributed by atoms with Crippen LogP contribution < -0.4 is 10.5 Å². The lowest BCUT2D eigenvalue weighted by Gasteiger charge is -2.11. The van der Waals surface area contributed by atoms with Crippen LogP contribution in [-0.4, -0.2) is 4.98 Å². The minimum atomic E-state index is -0.348. The zero-order chi connectivity index (χ0) is 14.8. The largest absolute Gasteiger partial charge is 0.487 e. The average Bonchev–Trinajstić information content (AvgIpc) is 2.46. The van der Waals surface area contributed by atoms with E-state index in [1.165, 1.54) is 12.1 Å². The molecule has 0 saturated carbocycles. The standard InChI is InChI=1S/C17H15FN2O/c1-11-5-6-12-3-2-4-16(17(12)20-11)21-10-13-7-8-14(18)9-15(13)19/h2-9H,10,19H2,1H3. The van der Waals surface area contributed by atoms with Gasteiger partial charge in [0.15, 0.2) is 0 Å². The number of nitrogens with two attached hydrogens (primary N) is 1. The first-order valence-corrected chi connectivity index (χ1v) is 6.66. The highest BCUT2D eigenvalue weighted by Gasteiger charge is 2.06. The van der Waals surface area contributed by atoms with Crippen molar-refractivity contribution in [3.8, 4) is 5.75 Å². The molecule has 0 amide bonds. The number of rotatable bonds is 3. The van der Waals surface area contributed by atoms with Crippen LogP contribution in [0.15, 0.2) is 48.5 Å². The van der Waals surface area contributed by atoms with E-state index in [2.05, 4.69) is 4.98 Å². The van der Waals surface area contributed by atoms with Crippen LogP contribution in [0.3, 0.4) is 0 Å². The van der Waals surface area contributed by atoms with E-state index in [-0.39, 0.29) is 12.4 Å². The maximum atomic E-state index is 13.0. The molecule has 0 spiro atoms. The average molecular weight is 282 g/mol. The Morgan fingerprint density at radius 3 is 2.81 bits per heavy atom. The lowest BCUT2D eigenvalue weighted by atomic mass is 10.2. The molecular weight excluding hydrogens is 267 g/mol. The second kappa shape index (κ2) is 5.40. The normalized spacial score (nSPS) is 10.8. The molecule has 0 radical (unpaired) electrons. The van der Waals surface area contributed by atoms with Gasteiger partial charge in [0.2, 0.25) is 0 Å². The molecule has 0 aliphatic rings. The van der Waals surface area contributed by atoms with Crippen LogP contribution in [0.4, 0.5) is 10.1 Å². The van der Waals surface area contributed by atoms with Crippen LogP contribution in [0.1, 0.15) is 11.3 Å². The first-order chi connectivity index (χ1) is 10.1. The highest BCUT2D eigenvalue weighted by Crippen LogP contribution is 2.25. The maximum Gasteiger partial charge on any atom is 0.146 e. The van der Waals surface area contributed by atoms with Gasteiger partial charge in [-0.3, -0.25) is 0 Å². The molecule has 3 rings (SSSR count). The van der Waals surface area contributed by atoms with Gasteiger partial charge >= 0.3 is 0 Å². The summed E-state index contributed by atoms with van der Waals surface area (Å²) in [6.07, 6.45) is 0. The van der Waals surface area contributed by atoms with Crippen LogP contribution in [0, 0.1) is 12.7 Å². The van der Waals surface area contributed by atoms with Gasteiger partial charge < -0.3 is 10.5 Å². The number of benzene rings is 2. The SMILES string of the molecule is Cc1ccc2cccc(OCc3ccc(F)cc3N)c2n1. The molecule has 0 unspecified atom stereocenters.